The number of nitrogens with zero attached hydrogens (tertiary/aromatic N) is 1. The molecule has 4 nitrogen and oxygen atoms in total. The van der Waals surface area contributed by atoms with Gasteiger partial charge in [-0.1, -0.05) is 0 Å². The van der Waals surface area contributed by atoms with Crippen molar-refractivity contribution in [3.8, 4) is 5.75 Å². The van der Waals surface area contributed by atoms with Gasteiger partial charge in [-0.25, -0.2) is 0 Å². The Kier molecular flexibility index (Phi) is 1.53. The predicted octanol–water partition coefficient (Wildman–Crippen LogP) is 1.30. The molecule has 0 aromatic heterocycles. The summed E-state index contributed by atoms with van der Waals surface area (Å²) >= 11 is 0. The molecule has 0 fully saturated rings. The fourth-order valence-corrected chi connectivity index (χ4v) is 0.574. The van der Waals surface area contributed by atoms with Crippen LogP contribution >= 0.6 is 0 Å². The van der Waals surface area contributed by atoms with E-state index in [0.717, 1.165) is 0 Å². The van der Waals surface area contributed by atoms with E-state index in [1.54, 1.807) is 0 Å². The molecular weight excluding hydrogens is 140 g/mol. The van der Waals surface area contributed by atoms with Crippen LogP contribution in [0, 0.1) is 10.1 Å². The van der Waals surface area contributed by atoms with Crippen LogP contribution in [0.1, 0.15) is 0 Å². The predicted molar refractivity (Wildman–Crippen MR) is 34.8 cm³/mol. The molecule has 0 aliphatic carbocycles. The van der Waals surface area contributed by atoms with Crippen molar-refractivity contribution in [3.05, 3.63) is 34.4 Å². The zero-order chi connectivity index (χ0) is 7.56. The molecule has 0 amide bonds. The Morgan fingerprint density at radius 1 is 1.30 bits per heavy atom. The van der Waals surface area contributed by atoms with Crippen LogP contribution < -0.4 is 0 Å². The van der Waals surface area contributed by atoms with Crippen LogP contribution in [0.25, 0.3) is 0 Å². The van der Waals surface area contributed by atoms with Crippen molar-refractivity contribution in [2.75, 3.05) is 0 Å². The third kappa shape index (κ3) is 1.22. The molecule has 0 aliphatic rings. The van der Waals surface area contributed by atoms with E-state index in [-0.39, 0.29) is 11.4 Å². The highest BCUT2D eigenvalue weighted by atomic mass is 16.6. The molecule has 0 atom stereocenters. The van der Waals surface area contributed by atoms with Crippen LogP contribution in [0.4, 0.5) is 5.69 Å². The second kappa shape index (κ2) is 2.34. The summed E-state index contributed by atoms with van der Waals surface area (Å²) in [6.45, 7) is 0. The minimum absolute atomic E-state index is 0.0159. The summed E-state index contributed by atoms with van der Waals surface area (Å²) in [6, 6.07) is 5.04. The topological polar surface area (TPSA) is 63.4 Å². The first-order chi connectivity index (χ1) is 4.70. The molecule has 0 aliphatic heterocycles. The molecular formula is C6H5NO3. The molecule has 0 saturated heterocycles. The lowest BCUT2D eigenvalue weighted by Gasteiger charge is -1.89. The molecule has 52 valence electrons. The van der Waals surface area contributed by atoms with Crippen LogP contribution in [0.15, 0.2) is 24.3 Å². The molecule has 1 rings (SSSR count). The lowest BCUT2D eigenvalue weighted by atomic mass is 11.3. The van der Waals surface area contributed by atoms with Gasteiger partial charge in [0, 0.05) is 12.1 Å². The van der Waals surface area contributed by atoms with E-state index >= 15 is 0 Å². The number of phenols is 1. The Bertz CT molecular complexity index is 242. The van der Waals surface area contributed by atoms with E-state index < -0.39 is 4.92 Å². The molecule has 1 N–H and O–H groups in total. The average Bonchev–Trinajstić information content (AvgIpc) is 1.88. The Balaban J connectivity index is 3.00. The number of hydrogen-bond donors (Lipinski definition) is 1. The summed E-state index contributed by atoms with van der Waals surface area (Å²) in [7, 11) is 0. The molecule has 0 heterocycles. The summed E-state index contributed by atoms with van der Waals surface area (Å²) in [4.78, 5) is 9.52. The highest BCUT2D eigenvalue weighted by molar-refractivity contribution is 5.34. The first kappa shape index (κ1) is 6.54. The van der Waals surface area contributed by atoms with Crippen LogP contribution in [0.3, 0.4) is 0 Å². The maximum absolute atomic E-state index is 10.0. The summed E-state index contributed by atoms with van der Waals surface area (Å²) in [5, 5.41) is 18.8. The first-order valence-electron chi connectivity index (χ1n) is 2.63. The standard InChI is InChI=1S/C6H5NO3/c8-6-3-1-5(2-4-6)7(9)10/h1-4,8H/i1+1,2+1,3+1,4+1,5+1,6+1. The molecule has 1 aromatic rings. The van der Waals surface area contributed by atoms with Gasteiger partial charge < -0.3 is 5.11 Å². The number of nitro groups is 1. The van der Waals surface area contributed by atoms with E-state index in [2.05, 4.69) is 0 Å². The van der Waals surface area contributed by atoms with E-state index in [1.165, 1.54) is 24.3 Å². The Morgan fingerprint density at radius 3 is 2.20 bits per heavy atom. The SMILES string of the molecule is O=[N+]([O-])[13c]1[13cH][13cH][13c](O)[13cH][13cH]1. The zero-order valence-electron chi connectivity index (χ0n) is 5.02. The van der Waals surface area contributed by atoms with Gasteiger partial charge in [0.15, 0.2) is 0 Å². The van der Waals surface area contributed by atoms with Crippen LogP contribution in [0.5, 0.6) is 5.75 Å². The summed E-state index contributed by atoms with van der Waals surface area (Å²) in [5.41, 5.74) is -0.0159. The van der Waals surface area contributed by atoms with Gasteiger partial charge in [-0.15, -0.1) is 0 Å². The minimum atomic E-state index is -0.514. The number of hydrogen-bond acceptors (Lipinski definition) is 3. The number of non-ortho nitro benzene ring substituents is 1. The second-order valence-corrected chi connectivity index (χ2v) is 1.77. The monoisotopic (exact) mass is 145 g/mol. The fourth-order valence-electron chi connectivity index (χ4n) is 0.574. The van der Waals surface area contributed by atoms with E-state index in [4.69, 9.17) is 5.11 Å². The summed E-state index contributed by atoms with van der Waals surface area (Å²) in [6.07, 6.45) is 0. The van der Waals surface area contributed by atoms with Gasteiger partial charge in [0.1, 0.15) is 5.75 Å². The molecule has 1 aromatic carbocycles. The largest absolute Gasteiger partial charge is 0.508 e. The molecule has 0 unspecified atom stereocenters. The third-order valence-electron chi connectivity index (χ3n) is 1.06. The summed E-state index contributed by atoms with van der Waals surface area (Å²) < 4.78 is 0. The molecule has 10 heavy (non-hydrogen) atoms. The molecule has 0 saturated carbocycles. The van der Waals surface area contributed by atoms with E-state index in [9.17, 15) is 10.1 Å². The van der Waals surface area contributed by atoms with Crippen molar-refractivity contribution in [1.29, 1.82) is 0 Å². The van der Waals surface area contributed by atoms with Crippen molar-refractivity contribution >= 4 is 5.69 Å². The van der Waals surface area contributed by atoms with E-state index in [1.807, 2.05) is 0 Å². The minimum Gasteiger partial charge on any atom is -0.508 e. The Morgan fingerprint density at radius 2 is 1.80 bits per heavy atom. The van der Waals surface area contributed by atoms with Gasteiger partial charge >= 0.3 is 0 Å². The number of benzene rings is 1. The van der Waals surface area contributed by atoms with Gasteiger partial charge in [-0.05, 0) is 12.1 Å². The second-order valence-electron chi connectivity index (χ2n) is 1.77. The van der Waals surface area contributed by atoms with Gasteiger partial charge in [0.05, 0.1) is 4.92 Å². The number of phenolic OH excluding ortho intramolecular Hbond substituents is 1. The maximum Gasteiger partial charge on any atom is 0.269 e. The number of aromatic hydroxyl groups is 1. The highest BCUT2D eigenvalue weighted by Gasteiger charge is 2.01. The first-order valence-corrected chi connectivity index (χ1v) is 2.63. The van der Waals surface area contributed by atoms with E-state index in [0.29, 0.717) is 0 Å². The van der Waals surface area contributed by atoms with Crippen molar-refractivity contribution < 1.29 is 10.0 Å². The van der Waals surface area contributed by atoms with Crippen LogP contribution in [-0.2, 0) is 0 Å². The smallest absolute Gasteiger partial charge is 0.269 e. The number of nitro benzene ring substituents is 1. The molecule has 0 bridgehead atoms. The lowest BCUT2D eigenvalue weighted by Crippen LogP contribution is -1.85. The van der Waals surface area contributed by atoms with Crippen LogP contribution in [-0.4, -0.2) is 10.0 Å². The fraction of sp³-hybridized carbons (Fsp3) is 0. The summed E-state index contributed by atoms with van der Waals surface area (Å²) in [5.74, 6) is 0.0330. The quantitative estimate of drug-likeness (QED) is 0.478. The van der Waals surface area contributed by atoms with Gasteiger partial charge in [-0.3, -0.25) is 10.1 Å². The third-order valence-corrected chi connectivity index (χ3v) is 1.06. The number of rotatable bonds is 1. The zero-order valence-corrected chi connectivity index (χ0v) is 5.02. The maximum atomic E-state index is 10.0. The van der Waals surface area contributed by atoms with Crippen LogP contribution in [0.2, 0.25) is 0 Å². The Hall–Kier alpha value is -1.58. The van der Waals surface area contributed by atoms with Crippen molar-refractivity contribution in [3.63, 3.8) is 0 Å². The van der Waals surface area contributed by atoms with Gasteiger partial charge in [0.25, 0.3) is 5.69 Å². The molecule has 0 radical (unpaired) electrons. The van der Waals surface area contributed by atoms with Crippen molar-refractivity contribution in [2.24, 2.45) is 0 Å². The highest BCUT2D eigenvalue weighted by Crippen LogP contribution is 2.14. The van der Waals surface area contributed by atoms with Crippen molar-refractivity contribution in [2.45, 2.75) is 0 Å². The van der Waals surface area contributed by atoms with Gasteiger partial charge in [0.2, 0.25) is 0 Å². The molecule has 4 heteroatoms. The molecule has 0 spiro atoms. The Labute approximate surface area is 56.9 Å². The average molecular weight is 145 g/mol. The van der Waals surface area contributed by atoms with Gasteiger partial charge in [-0.2, -0.15) is 0 Å². The normalized spacial score (nSPS) is 9.20. The van der Waals surface area contributed by atoms with Crippen molar-refractivity contribution in [1.82, 2.24) is 0 Å². The lowest BCUT2D eigenvalue weighted by molar-refractivity contribution is -0.384.